The summed E-state index contributed by atoms with van der Waals surface area (Å²) in [4.78, 5) is 0. The van der Waals surface area contributed by atoms with Gasteiger partial charge in [0.1, 0.15) is 6.07 Å². The molecule has 0 amide bonds. The van der Waals surface area contributed by atoms with E-state index in [-0.39, 0.29) is 6.42 Å². The van der Waals surface area contributed by atoms with Crippen molar-refractivity contribution in [3.05, 3.63) is 97.8 Å². The van der Waals surface area contributed by atoms with Gasteiger partial charge >= 0.3 is 0 Å². The van der Waals surface area contributed by atoms with E-state index in [0.29, 0.717) is 5.56 Å². The van der Waals surface area contributed by atoms with Crippen LogP contribution in [0.4, 0.5) is 0 Å². The Bertz CT molecular complexity index is 837. The van der Waals surface area contributed by atoms with Crippen molar-refractivity contribution in [1.29, 1.82) is 10.5 Å². The zero-order chi connectivity index (χ0) is 16.5. The fourth-order valence-electron chi connectivity index (χ4n) is 3.01. The Labute approximate surface area is 142 Å². The zero-order valence-corrected chi connectivity index (χ0v) is 12.8. The first kappa shape index (κ1) is 15.2. The Kier molecular flexibility index (Phi) is 3.98. The lowest BCUT2D eigenvalue weighted by atomic mass is 9.92. The number of fused-ring (bicyclic) bond motifs is 1. The van der Waals surface area contributed by atoms with Crippen molar-refractivity contribution >= 4 is 5.52 Å². The van der Waals surface area contributed by atoms with Crippen molar-refractivity contribution in [3.63, 3.8) is 0 Å². The second-order valence-electron chi connectivity index (χ2n) is 5.54. The molecule has 4 rings (SSSR count). The minimum absolute atomic E-state index is 0.234. The molecule has 4 nitrogen and oxygen atoms in total. The number of rotatable bonds is 3. The van der Waals surface area contributed by atoms with E-state index in [4.69, 9.17) is 5.26 Å². The summed E-state index contributed by atoms with van der Waals surface area (Å²) in [5, 5.41) is 23.5. The van der Waals surface area contributed by atoms with Gasteiger partial charge in [-0.05, 0) is 69.1 Å². The van der Waals surface area contributed by atoms with Gasteiger partial charge in [-0.2, -0.15) is 15.6 Å². The summed E-state index contributed by atoms with van der Waals surface area (Å²) >= 11 is 0. The highest BCUT2D eigenvalue weighted by Gasteiger charge is 2.27. The molecule has 0 N–H and O–H groups in total. The Balaban J connectivity index is 1.90. The predicted molar refractivity (Wildman–Crippen MR) is 88.3 cm³/mol. The summed E-state index contributed by atoms with van der Waals surface area (Å²) in [6.07, 6.45) is 15.9. The minimum Gasteiger partial charge on any atom is -0.235 e. The predicted octanol–water partition coefficient (Wildman–Crippen LogP) is 2.78. The largest absolute Gasteiger partial charge is 0.235 e. The van der Waals surface area contributed by atoms with Crippen LogP contribution in [-0.2, 0) is 6.42 Å². The lowest BCUT2D eigenvalue weighted by Crippen LogP contribution is -2.07. The third-order valence-electron chi connectivity index (χ3n) is 4.12. The van der Waals surface area contributed by atoms with Gasteiger partial charge in [0.05, 0.1) is 35.0 Å². The molecule has 2 saturated carbocycles. The maximum Gasteiger partial charge on any atom is 0.102 e. The fourth-order valence-corrected chi connectivity index (χ4v) is 3.01. The van der Waals surface area contributed by atoms with Gasteiger partial charge in [-0.3, -0.25) is 0 Å². The Morgan fingerprint density at radius 2 is 1.58 bits per heavy atom. The van der Waals surface area contributed by atoms with E-state index in [2.05, 4.69) is 17.2 Å². The molecular formula is C20H12N4. The molecule has 2 aromatic heterocycles. The number of nitrogens with zero attached hydrogens (tertiary/aromatic N) is 4. The van der Waals surface area contributed by atoms with Gasteiger partial charge in [0, 0.05) is 11.8 Å². The third-order valence-corrected chi connectivity index (χ3v) is 4.12. The van der Waals surface area contributed by atoms with Crippen molar-refractivity contribution in [1.82, 2.24) is 9.61 Å². The smallest absolute Gasteiger partial charge is 0.102 e. The van der Waals surface area contributed by atoms with E-state index in [9.17, 15) is 5.26 Å². The monoisotopic (exact) mass is 308 g/mol. The maximum absolute atomic E-state index is 9.72. The molecule has 0 atom stereocenters. The van der Waals surface area contributed by atoms with Gasteiger partial charge in [-0.25, -0.2) is 4.52 Å². The minimum atomic E-state index is 0.234. The Morgan fingerprint density at radius 1 is 0.917 bits per heavy atom. The van der Waals surface area contributed by atoms with Crippen molar-refractivity contribution in [2.24, 2.45) is 0 Å². The number of hydrogen-bond donors (Lipinski definition) is 0. The summed E-state index contributed by atoms with van der Waals surface area (Å²) < 4.78 is 1.72. The van der Waals surface area contributed by atoms with Crippen LogP contribution in [0.25, 0.3) is 5.52 Å². The van der Waals surface area contributed by atoms with E-state index < -0.39 is 0 Å². The highest BCUT2D eigenvalue weighted by atomic mass is 15.2. The van der Waals surface area contributed by atoms with E-state index in [1.54, 1.807) is 4.52 Å². The van der Waals surface area contributed by atoms with Crippen LogP contribution < -0.4 is 0 Å². The molecule has 0 saturated heterocycles. The molecule has 112 valence electrons. The molecule has 24 heavy (non-hydrogen) atoms. The highest BCUT2D eigenvalue weighted by Crippen LogP contribution is 2.36. The van der Waals surface area contributed by atoms with Gasteiger partial charge in [0.2, 0.25) is 0 Å². The lowest BCUT2D eigenvalue weighted by Gasteiger charge is -2.13. The van der Waals surface area contributed by atoms with Gasteiger partial charge < -0.3 is 0 Å². The van der Waals surface area contributed by atoms with Gasteiger partial charge in [0.15, 0.2) is 0 Å². The number of aromatic nitrogens is 2. The van der Waals surface area contributed by atoms with Crippen molar-refractivity contribution < 1.29 is 0 Å². The van der Waals surface area contributed by atoms with Crippen molar-refractivity contribution in [3.8, 4) is 12.1 Å². The van der Waals surface area contributed by atoms with E-state index in [1.165, 1.54) is 0 Å². The molecular weight excluding hydrogens is 296 g/mol. The molecule has 2 aromatic rings. The second kappa shape index (κ2) is 6.29. The Hall–Kier alpha value is -2.33. The molecule has 0 spiro atoms. The van der Waals surface area contributed by atoms with E-state index >= 15 is 0 Å². The normalized spacial score (nSPS) is 18.9. The second-order valence-corrected chi connectivity index (χ2v) is 5.54. The van der Waals surface area contributed by atoms with Crippen LogP contribution in [0.5, 0.6) is 0 Å². The van der Waals surface area contributed by atoms with Crippen LogP contribution in [-0.4, -0.2) is 9.61 Å². The average molecular weight is 308 g/mol. The van der Waals surface area contributed by atoms with Crippen LogP contribution in [0, 0.1) is 85.9 Å². The van der Waals surface area contributed by atoms with Crippen molar-refractivity contribution in [2.45, 2.75) is 6.42 Å². The van der Waals surface area contributed by atoms with E-state index in [0.717, 1.165) is 34.3 Å². The third kappa shape index (κ3) is 2.47. The molecule has 2 aliphatic rings. The van der Waals surface area contributed by atoms with Crippen molar-refractivity contribution in [2.75, 3.05) is 0 Å². The first-order valence-electron chi connectivity index (χ1n) is 7.58. The summed E-state index contributed by atoms with van der Waals surface area (Å²) in [5.41, 5.74) is 3.73. The standard InChI is InChI=1S/C20H12N4/c21-10-9-16-11-17(14-5-1-2-6-14)18(13-22)20-12-19(23-24(16)20)15-7-3-4-8-15/h1-8,11-12H,9H2. The number of pyridine rings is 1. The average Bonchev–Trinajstić information content (AvgIpc) is 3.33. The van der Waals surface area contributed by atoms with Crippen LogP contribution in [0.3, 0.4) is 0 Å². The number of nitriles is 2. The van der Waals surface area contributed by atoms with Gasteiger partial charge in [0.25, 0.3) is 0 Å². The fraction of sp³-hybridized carbons (Fsp3) is 0.0500. The Morgan fingerprint density at radius 3 is 2.21 bits per heavy atom. The quantitative estimate of drug-likeness (QED) is 0.875. The highest BCUT2D eigenvalue weighted by molar-refractivity contribution is 5.71. The summed E-state index contributed by atoms with van der Waals surface area (Å²) in [5.74, 6) is 1.98. The van der Waals surface area contributed by atoms with Crippen LogP contribution in [0.2, 0.25) is 0 Å². The summed E-state index contributed by atoms with van der Waals surface area (Å²) in [6.45, 7) is 0. The lowest BCUT2D eigenvalue weighted by molar-refractivity contribution is 0.864. The molecule has 2 fully saturated rings. The molecule has 0 aromatic carbocycles. The topological polar surface area (TPSA) is 64.9 Å². The summed E-state index contributed by atoms with van der Waals surface area (Å²) in [6, 6.07) is 8.31. The van der Waals surface area contributed by atoms with Gasteiger partial charge in [-0.15, -0.1) is 0 Å². The molecule has 2 heterocycles. The first-order chi connectivity index (χ1) is 11.8. The molecule has 0 bridgehead atoms. The SMILES string of the molecule is N#CCc1cc([C]2[CH][CH][CH][CH]2)c(C#N)c2cc([C]3[CH][CH][CH][CH]3)nn12. The van der Waals surface area contributed by atoms with Crippen LogP contribution >= 0.6 is 0 Å². The van der Waals surface area contributed by atoms with E-state index in [1.807, 2.05) is 63.5 Å². The molecule has 10 radical (unpaired) electrons. The summed E-state index contributed by atoms with van der Waals surface area (Å²) in [7, 11) is 0. The number of hydrogen-bond acceptors (Lipinski definition) is 3. The molecule has 2 aliphatic carbocycles. The van der Waals surface area contributed by atoms with Crippen LogP contribution in [0.1, 0.15) is 22.5 Å². The first-order valence-corrected chi connectivity index (χ1v) is 7.58. The maximum atomic E-state index is 9.72. The molecule has 0 unspecified atom stereocenters. The zero-order valence-electron chi connectivity index (χ0n) is 12.8. The van der Waals surface area contributed by atoms with Crippen LogP contribution in [0.15, 0.2) is 12.1 Å². The molecule has 4 heteroatoms. The molecule has 0 aliphatic heterocycles. The van der Waals surface area contributed by atoms with Gasteiger partial charge in [-0.1, -0.05) is 0 Å².